The van der Waals surface area contributed by atoms with Crippen LogP contribution in [0, 0.1) is 23.0 Å². The van der Waals surface area contributed by atoms with Crippen LogP contribution in [0.3, 0.4) is 0 Å². The molecule has 0 aromatic heterocycles. The Bertz CT molecular complexity index is 1100. The molecule has 8 nitrogen and oxygen atoms in total. The third kappa shape index (κ3) is 5.71. The van der Waals surface area contributed by atoms with Gasteiger partial charge in [-0.25, -0.2) is 18.5 Å². The summed E-state index contributed by atoms with van der Waals surface area (Å²) < 4.78 is 34.8. The van der Waals surface area contributed by atoms with E-state index in [1.165, 1.54) is 23.9 Å². The van der Waals surface area contributed by atoms with Crippen LogP contribution in [0.2, 0.25) is 25.7 Å². The topological polar surface area (TPSA) is 111 Å². The number of hydrogen-bond acceptors (Lipinski definition) is 5. The minimum Gasteiger partial charge on any atom is -0.465 e. The number of aliphatic imine (C=N–C) groups is 1. The third-order valence-corrected chi connectivity index (χ3v) is 9.90. The van der Waals surface area contributed by atoms with Crippen LogP contribution < -0.4 is 0 Å². The van der Waals surface area contributed by atoms with Crippen LogP contribution in [-0.4, -0.2) is 53.5 Å². The van der Waals surface area contributed by atoms with Crippen molar-refractivity contribution in [3.8, 4) is 0 Å². The highest BCUT2D eigenvalue weighted by Gasteiger charge is 2.67. The zero-order valence-corrected chi connectivity index (χ0v) is 23.7. The van der Waals surface area contributed by atoms with Crippen molar-refractivity contribution < 1.29 is 23.4 Å². The molecule has 1 fully saturated rings. The van der Waals surface area contributed by atoms with E-state index in [-0.39, 0.29) is 23.2 Å². The Morgan fingerprint density at radius 1 is 1.42 bits per heavy atom. The molecule has 1 N–H and O–H groups in total. The van der Waals surface area contributed by atoms with Crippen molar-refractivity contribution in [1.29, 1.82) is 0 Å². The standard InChI is InChI=1S/C24H35F2N5O3SSi/c1-22(2,3)19(34-11-12-36(5,6)7)31(21(32)33)20-29-23(4,15-9-8-10-16(25)18(15)26)17-13-24(17,35-20)14-28-30-27/h8-10,17,19H,11-14H2,1-7H3,(H,32,33)/t17-,19?,23+,24+/m0/s1. The summed E-state index contributed by atoms with van der Waals surface area (Å²) in [5.74, 6) is -2.28. The maximum atomic E-state index is 15.0. The highest BCUT2D eigenvalue weighted by atomic mass is 32.2. The molecule has 12 heteroatoms. The molecule has 1 heterocycles. The molecule has 0 saturated heterocycles. The van der Waals surface area contributed by atoms with Gasteiger partial charge in [-0.05, 0) is 31.0 Å². The lowest BCUT2D eigenvalue weighted by Gasteiger charge is -2.42. The fourth-order valence-corrected chi connectivity index (χ4v) is 7.01. The SMILES string of the molecule is CC(C)(C)C(OCC[Si](C)(C)C)N(C(=O)O)C1=N[C@](C)(c2cccc(F)c2F)[C@@H]2C[C@]2(CN=[N+]=[N-])S1. The predicted molar refractivity (Wildman–Crippen MR) is 141 cm³/mol. The summed E-state index contributed by atoms with van der Waals surface area (Å²) in [6.07, 6.45) is -1.61. The molecule has 4 atom stereocenters. The molecule has 1 aliphatic carbocycles. The summed E-state index contributed by atoms with van der Waals surface area (Å²) in [7, 11) is -1.44. The summed E-state index contributed by atoms with van der Waals surface area (Å²) >= 11 is 1.22. The number of nitrogens with zero attached hydrogens (tertiary/aromatic N) is 5. The van der Waals surface area contributed by atoms with Gasteiger partial charge in [0.2, 0.25) is 0 Å². The molecule has 1 saturated carbocycles. The summed E-state index contributed by atoms with van der Waals surface area (Å²) in [5, 5.41) is 14.3. The van der Waals surface area contributed by atoms with Crippen LogP contribution >= 0.6 is 11.8 Å². The molecule has 2 aliphatic rings. The molecular formula is C24H35F2N5O3SSi. The summed E-state index contributed by atoms with van der Waals surface area (Å²) in [6.45, 7) is 14.5. The lowest BCUT2D eigenvalue weighted by molar-refractivity contribution is -0.0761. The Morgan fingerprint density at radius 3 is 2.64 bits per heavy atom. The molecule has 1 unspecified atom stereocenters. The van der Waals surface area contributed by atoms with E-state index in [2.05, 4.69) is 29.7 Å². The van der Waals surface area contributed by atoms with E-state index in [9.17, 15) is 14.3 Å². The number of rotatable bonds is 8. The van der Waals surface area contributed by atoms with E-state index in [4.69, 9.17) is 15.3 Å². The van der Waals surface area contributed by atoms with Gasteiger partial charge in [-0.2, -0.15) is 0 Å². The number of fused-ring (bicyclic) bond motifs is 1. The number of amides is 1. The molecular weight excluding hydrogens is 504 g/mol. The van der Waals surface area contributed by atoms with Crippen LogP contribution in [0.5, 0.6) is 0 Å². The molecule has 1 aliphatic heterocycles. The number of ether oxygens (including phenoxy) is 1. The first-order valence-corrected chi connectivity index (χ1v) is 16.5. The molecule has 1 aromatic carbocycles. The Morgan fingerprint density at radius 2 is 2.08 bits per heavy atom. The lowest BCUT2D eigenvalue weighted by Crippen LogP contribution is -2.53. The second kappa shape index (κ2) is 9.96. The zero-order valence-electron chi connectivity index (χ0n) is 21.9. The second-order valence-corrected chi connectivity index (χ2v) is 19.0. The summed E-state index contributed by atoms with van der Waals surface area (Å²) in [6, 6.07) is 4.78. The number of carboxylic acid groups (broad SMARTS) is 1. The van der Waals surface area contributed by atoms with Crippen LogP contribution in [0.15, 0.2) is 28.3 Å². The molecule has 0 spiro atoms. The number of halogens is 2. The Balaban J connectivity index is 2.12. The number of thioether (sulfide) groups is 1. The van der Waals surface area contributed by atoms with Gasteiger partial charge < -0.3 is 9.84 Å². The van der Waals surface area contributed by atoms with Crippen LogP contribution in [0.4, 0.5) is 13.6 Å². The number of azide groups is 1. The van der Waals surface area contributed by atoms with E-state index in [1.54, 1.807) is 6.92 Å². The van der Waals surface area contributed by atoms with E-state index >= 15 is 4.39 Å². The van der Waals surface area contributed by atoms with Crippen molar-refractivity contribution >= 4 is 31.1 Å². The minimum atomic E-state index is -1.44. The molecule has 3 rings (SSSR count). The summed E-state index contributed by atoms with van der Waals surface area (Å²) in [5.41, 5.74) is 7.14. The highest BCUT2D eigenvalue weighted by Crippen LogP contribution is 2.67. The molecule has 1 aromatic rings. The van der Waals surface area contributed by atoms with Crippen LogP contribution in [-0.2, 0) is 10.3 Å². The third-order valence-electron chi connectivity index (χ3n) is 6.74. The Kier molecular flexibility index (Phi) is 7.87. The minimum absolute atomic E-state index is 0.0467. The number of carbonyl (C=O) groups is 1. The average Bonchev–Trinajstić information content (AvgIpc) is 3.47. The highest BCUT2D eigenvalue weighted by molar-refractivity contribution is 8.15. The fourth-order valence-electron chi connectivity index (χ4n) is 4.67. The quantitative estimate of drug-likeness (QED) is 0.125. The van der Waals surface area contributed by atoms with E-state index in [0.29, 0.717) is 13.0 Å². The van der Waals surface area contributed by atoms with Crippen molar-refractivity contribution in [3.63, 3.8) is 0 Å². The molecule has 0 radical (unpaired) electrons. The van der Waals surface area contributed by atoms with Crippen molar-refractivity contribution in [2.75, 3.05) is 13.2 Å². The smallest absolute Gasteiger partial charge is 0.415 e. The normalized spacial score (nSPS) is 26.4. The van der Waals surface area contributed by atoms with E-state index in [0.717, 1.165) is 17.0 Å². The summed E-state index contributed by atoms with van der Waals surface area (Å²) in [4.78, 5) is 21.5. The molecule has 36 heavy (non-hydrogen) atoms. The lowest BCUT2D eigenvalue weighted by atomic mass is 9.85. The first kappa shape index (κ1) is 28.4. The van der Waals surface area contributed by atoms with Gasteiger partial charge in [-0.3, -0.25) is 4.99 Å². The molecule has 1 amide bonds. The van der Waals surface area contributed by atoms with E-state index < -0.39 is 47.7 Å². The van der Waals surface area contributed by atoms with Crippen molar-refractivity contribution in [1.82, 2.24) is 4.90 Å². The largest absolute Gasteiger partial charge is 0.465 e. The predicted octanol–water partition coefficient (Wildman–Crippen LogP) is 7.06. The zero-order chi connectivity index (χ0) is 27.1. The van der Waals surface area contributed by atoms with Crippen molar-refractivity contribution in [3.05, 3.63) is 45.8 Å². The average molecular weight is 540 g/mol. The molecule has 0 bridgehead atoms. The number of hydrogen-bond donors (Lipinski definition) is 1. The van der Waals surface area contributed by atoms with E-state index in [1.807, 2.05) is 20.8 Å². The van der Waals surface area contributed by atoms with Gasteiger partial charge in [-0.1, -0.05) is 69.4 Å². The van der Waals surface area contributed by atoms with Gasteiger partial charge in [0.25, 0.3) is 0 Å². The Labute approximate surface area is 216 Å². The van der Waals surface area contributed by atoms with Crippen LogP contribution in [0.1, 0.15) is 39.7 Å². The first-order valence-electron chi connectivity index (χ1n) is 11.9. The number of benzene rings is 1. The monoisotopic (exact) mass is 539 g/mol. The maximum absolute atomic E-state index is 15.0. The van der Waals surface area contributed by atoms with Gasteiger partial charge in [0.1, 0.15) is 6.23 Å². The Hall–Kier alpha value is -2.14. The second-order valence-electron chi connectivity index (χ2n) is 12.0. The number of amidine groups is 1. The first-order chi connectivity index (χ1) is 16.6. The van der Waals surface area contributed by atoms with Gasteiger partial charge in [0.15, 0.2) is 16.8 Å². The molecule has 198 valence electrons. The van der Waals surface area contributed by atoms with Crippen molar-refractivity contribution in [2.45, 2.75) is 76.3 Å². The van der Waals surface area contributed by atoms with Gasteiger partial charge >= 0.3 is 6.09 Å². The van der Waals surface area contributed by atoms with Gasteiger partial charge in [0.05, 0.1) is 5.54 Å². The maximum Gasteiger partial charge on any atom is 0.415 e. The van der Waals surface area contributed by atoms with Gasteiger partial charge in [-0.15, -0.1) is 0 Å². The van der Waals surface area contributed by atoms with Gasteiger partial charge in [0, 0.05) is 47.8 Å². The van der Waals surface area contributed by atoms with Crippen LogP contribution in [0.25, 0.3) is 10.4 Å². The van der Waals surface area contributed by atoms with Crippen molar-refractivity contribution in [2.24, 2.45) is 21.4 Å². The fraction of sp³-hybridized carbons (Fsp3) is 0.667.